The molecule has 0 radical (unpaired) electrons. The SMILES string of the molecule is [CH3][Zr+3][C]1=CC=CC1.[Cl-].[Cl-].[Cl-]. The summed E-state index contributed by atoms with van der Waals surface area (Å²) < 4.78 is 4.09. The molecule has 0 heterocycles. The van der Waals surface area contributed by atoms with Gasteiger partial charge in [-0.05, 0) is 0 Å². The van der Waals surface area contributed by atoms with Gasteiger partial charge in [0.25, 0.3) is 0 Å². The van der Waals surface area contributed by atoms with Crippen molar-refractivity contribution in [1.29, 1.82) is 0 Å². The quantitative estimate of drug-likeness (QED) is 0.447. The van der Waals surface area contributed by atoms with E-state index < -0.39 is 0 Å². The van der Waals surface area contributed by atoms with Gasteiger partial charge in [0.15, 0.2) is 0 Å². The van der Waals surface area contributed by atoms with E-state index in [2.05, 4.69) is 22.9 Å². The summed E-state index contributed by atoms with van der Waals surface area (Å²) in [5, 5.41) is 0. The second-order valence-corrected chi connectivity index (χ2v) is 4.38. The Bertz CT molecular complexity index is 120. The van der Waals surface area contributed by atoms with Gasteiger partial charge >= 0.3 is 55.8 Å². The normalized spacial score (nSPS) is 11.5. The maximum absolute atomic E-state index is 2.36. The molecule has 1 aliphatic carbocycles. The molecule has 0 amide bonds. The fourth-order valence-corrected chi connectivity index (χ4v) is 2.07. The summed E-state index contributed by atoms with van der Waals surface area (Å²) in [6.07, 6.45) is 7.94. The third-order valence-electron chi connectivity index (χ3n) is 1.09. The molecule has 0 aromatic rings. The summed E-state index contributed by atoms with van der Waals surface area (Å²) in [7, 11) is 0. The second-order valence-electron chi connectivity index (χ2n) is 1.57. The molecule has 0 aromatic heterocycles. The van der Waals surface area contributed by atoms with Gasteiger partial charge in [-0.3, -0.25) is 0 Å². The summed E-state index contributed by atoms with van der Waals surface area (Å²) >= 11 is -0.0408. The third kappa shape index (κ3) is 5.98. The minimum absolute atomic E-state index is 0. The molecule has 0 fully saturated rings. The summed E-state index contributed by atoms with van der Waals surface area (Å²) in [6.45, 7) is 0. The standard InChI is InChI=1S/C5H5.CH3.3ClH.Zr/c1-2-4-5-3-1;;;;;/h1-3H,4H2;1H3;3*1H;/q;;;;;+3/p-3. The predicted molar refractivity (Wildman–Crippen MR) is 27.7 cm³/mol. The van der Waals surface area contributed by atoms with Crippen molar-refractivity contribution < 1.29 is 60.5 Å². The van der Waals surface area contributed by atoms with Crippen molar-refractivity contribution >= 4 is 0 Å². The molecule has 1 aliphatic rings. The molecule has 0 saturated carbocycles. The molecule has 4 heteroatoms. The second kappa shape index (κ2) is 10.2. The van der Waals surface area contributed by atoms with Gasteiger partial charge in [-0.1, -0.05) is 0 Å². The van der Waals surface area contributed by atoms with Gasteiger partial charge in [-0.25, -0.2) is 0 Å². The molecule has 0 spiro atoms. The van der Waals surface area contributed by atoms with Crippen molar-refractivity contribution in [2.24, 2.45) is 0 Å². The van der Waals surface area contributed by atoms with E-state index in [9.17, 15) is 0 Å². The molecule has 0 atom stereocenters. The van der Waals surface area contributed by atoms with Gasteiger partial charge in [0.1, 0.15) is 0 Å². The summed E-state index contributed by atoms with van der Waals surface area (Å²) in [6, 6.07) is 0. The molecule has 0 N–H and O–H groups in total. The average Bonchev–Trinajstić information content (AvgIpc) is 2.14. The average molecular weight is 278 g/mol. The fourth-order valence-electron chi connectivity index (χ4n) is 0.633. The first-order valence-electron chi connectivity index (χ1n) is 2.47. The first kappa shape index (κ1) is 17.4. The molecule has 1 rings (SSSR count). The smallest absolute Gasteiger partial charge is 1.00 e. The topological polar surface area (TPSA) is 0 Å². The zero-order chi connectivity index (χ0) is 5.11. The Morgan fingerprint density at radius 2 is 1.90 bits per heavy atom. The van der Waals surface area contributed by atoms with Crippen LogP contribution in [0.4, 0.5) is 0 Å². The Hall–Kier alpha value is 1.23. The van der Waals surface area contributed by atoms with Crippen LogP contribution in [0.1, 0.15) is 6.42 Å². The minimum atomic E-state index is -0.0408. The number of hydrogen-bond donors (Lipinski definition) is 0. The Balaban J connectivity index is -0.000000163. The maximum atomic E-state index is 2.36. The van der Waals surface area contributed by atoms with Crippen LogP contribution in [0.3, 0.4) is 0 Å². The zero-order valence-electron chi connectivity index (χ0n) is 5.57. The fraction of sp³-hybridized carbons (Fsp3) is 0.333. The van der Waals surface area contributed by atoms with E-state index in [1.165, 1.54) is 6.42 Å². The zero-order valence-corrected chi connectivity index (χ0v) is 10.3. The molecular weight excluding hydrogens is 270 g/mol. The van der Waals surface area contributed by atoms with Crippen molar-refractivity contribution in [3.8, 4) is 0 Å². The van der Waals surface area contributed by atoms with Gasteiger partial charge in [0.05, 0.1) is 0 Å². The molecule has 0 bridgehead atoms. The van der Waals surface area contributed by atoms with E-state index in [1.54, 1.807) is 3.28 Å². The summed E-state index contributed by atoms with van der Waals surface area (Å²) in [5.74, 6) is 0. The molecule has 0 aliphatic heterocycles. The van der Waals surface area contributed by atoms with Crippen LogP contribution < -0.4 is 37.2 Å². The van der Waals surface area contributed by atoms with E-state index in [0.717, 1.165) is 0 Å². The van der Waals surface area contributed by atoms with Crippen LogP contribution in [-0.2, 0) is 23.2 Å². The molecule has 57 valence electrons. The van der Waals surface area contributed by atoms with Crippen LogP contribution >= 0.6 is 0 Å². The Morgan fingerprint density at radius 1 is 1.30 bits per heavy atom. The van der Waals surface area contributed by atoms with E-state index >= 15 is 0 Å². The van der Waals surface area contributed by atoms with Crippen molar-refractivity contribution in [3.63, 3.8) is 0 Å². The monoisotopic (exact) mass is 275 g/mol. The Morgan fingerprint density at radius 3 is 2.10 bits per heavy atom. The van der Waals surface area contributed by atoms with Gasteiger partial charge in [0, 0.05) is 0 Å². The van der Waals surface area contributed by atoms with Crippen LogP contribution in [0, 0.1) is 0 Å². The predicted octanol–water partition coefficient (Wildman–Crippen LogP) is -7.03. The molecule has 0 unspecified atom stereocenters. The van der Waals surface area contributed by atoms with E-state index in [1.807, 2.05) is 0 Å². The van der Waals surface area contributed by atoms with Crippen molar-refractivity contribution in [3.05, 3.63) is 21.5 Å². The van der Waals surface area contributed by atoms with Crippen LogP contribution in [0.5, 0.6) is 0 Å². The van der Waals surface area contributed by atoms with Gasteiger partial charge in [-0.15, -0.1) is 0 Å². The van der Waals surface area contributed by atoms with Gasteiger partial charge in [0.2, 0.25) is 0 Å². The number of hydrogen-bond acceptors (Lipinski definition) is 0. The van der Waals surface area contributed by atoms with Crippen molar-refractivity contribution in [2.75, 3.05) is 0 Å². The van der Waals surface area contributed by atoms with Crippen LogP contribution in [0.25, 0.3) is 0 Å². The Labute approximate surface area is 92.3 Å². The molecule has 0 nitrogen and oxygen atoms in total. The number of halogens is 3. The van der Waals surface area contributed by atoms with Crippen molar-refractivity contribution in [2.45, 2.75) is 11.1 Å². The minimum Gasteiger partial charge on any atom is -1.00 e. The molecular formula is C6H8Cl3Zr. The van der Waals surface area contributed by atoms with E-state index in [0.29, 0.717) is 0 Å². The van der Waals surface area contributed by atoms with Crippen LogP contribution in [0.2, 0.25) is 4.63 Å². The summed E-state index contributed by atoms with van der Waals surface area (Å²) in [5.41, 5.74) is 0. The largest absolute Gasteiger partial charge is 1.00 e. The van der Waals surface area contributed by atoms with E-state index in [4.69, 9.17) is 0 Å². The molecule has 0 saturated heterocycles. The third-order valence-corrected chi connectivity index (χ3v) is 3.58. The number of allylic oxidation sites excluding steroid dienone is 4. The summed E-state index contributed by atoms with van der Waals surface area (Å²) in [4.78, 5) is 0. The Kier molecular flexibility index (Phi) is 17.8. The molecule has 0 aromatic carbocycles. The van der Waals surface area contributed by atoms with E-state index in [-0.39, 0.29) is 60.5 Å². The first-order valence-corrected chi connectivity index (χ1v) is 6.15. The van der Waals surface area contributed by atoms with Gasteiger partial charge < -0.3 is 37.2 Å². The van der Waals surface area contributed by atoms with Crippen LogP contribution in [-0.4, -0.2) is 0 Å². The number of rotatable bonds is 1. The van der Waals surface area contributed by atoms with Gasteiger partial charge in [-0.2, -0.15) is 0 Å². The van der Waals surface area contributed by atoms with Crippen LogP contribution in [0.15, 0.2) is 21.5 Å². The van der Waals surface area contributed by atoms with Crippen molar-refractivity contribution in [1.82, 2.24) is 0 Å². The maximum Gasteiger partial charge on any atom is -1.00 e. The molecule has 10 heavy (non-hydrogen) atoms. The first-order chi connectivity index (χ1) is 3.43.